The molecule has 1 aromatic carbocycles. The standard InChI is InChI=1S/C9H5ClF3I/c10-7-3-1-6(2-4-7)8(14)5-9(11,12)13/h1-5H/b8-5-. The van der Waals surface area contributed by atoms with E-state index < -0.39 is 6.18 Å². The maximum atomic E-state index is 12.0. The van der Waals surface area contributed by atoms with E-state index in [4.69, 9.17) is 11.6 Å². The Labute approximate surface area is 97.9 Å². The zero-order valence-electron chi connectivity index (χ0n) is 6.78. The zero-order chi connectivity index (χ0) is 10.8. The fourth-order valence-electron chi connectivity index (χ4n) is 0.836. The van der Waals surface area contributed by atoms with Crippen LogP contribution in [0.15, 0.2) is 30.3 Å². The highest BCUT2D eigenvalue weighted by Gasteiger charge is 2.24. The van der Waals surface area contributed by atoms with Crippen molar-refractivity contribution in [2.75, 3.05) is 0 Å². The van der Waals surface area contributed by atoms with Crippen LogP contribution in [0.4, 0.5) is 13.2 Å². The summed E-state index contributed by atoms with van der Waals surface area (Å²) in [6, 6.07) is 6.21. The van der Waals surface area contributed by atoms with Crippen molar-refractivity contribution in [1.29, 1.82) is 0 Å². The maximum absolute atomic E-state index is 12.0. The monoisotopic (exact) mass is 332 g/mol. The number of rotatable bonds is 1. The van der Waals surface area contributed by atoms with E-state index in [2.05, 4.69) is 0 Å². The lowest BCUT2D eigenvalue weighted by Gasteiger charge is -2.02. The molecule has 1 rings (SSSR count). The van der Waals surface area contributed by atoms with Crippen LogP contribution in [0, 0.1) is 0 Å². The third-order valence-electron chi connectivity index (χ3n) is 1.41. The molecule has 0 N–H and O–H groups in total. The van der Waals surface area contributed by atoms with E-state index in [-0.39, 0.29) is 9.66 Å². The molecule has 0 aliphatic heterocycles. The Bertz CT molecular complexity index is 340. The largest absolute Gasteiger partial charge is 0.410 e. The van der Waals surface area contributed by atoms with Gasteiger partial charge in [-0.1, -0.05) is 23.7 Å². The second-order valence-corrected chi connectivity index (χ2v) is 4.14. The average molecular weight is 332 g/mol. The minimum atomic E-state index is -4.28. The lowest BCUT2D eigenvalue weighted by atomic mass is 10.2. The first-order valence-corrected chi connectivity index (χ1v) is 5.05. The molecule has 14 heavy (non-hydrogen) atoms. The van der Waals surface area contributed by atoms with Gasteiger partial charge in [0.2, 0.25) is 0 Å². The van der Waals surface area contributed by atoms with E-state index in [0.29, 0.717) is 10.6 Å². The number of alkyl halides is 3. The summed E-state index contributed by atoms with van der Waals surface area (Å²) >= 11 is 7.25. The van der Waals surface area contributed by atoms with Crippen LogP contribution in [0.1, 0.15) is 5.56 Å². The first kappa shape index (κ1) is 11.8. The number of allylic oxidation sites excluding steroid dienone is 1. The normalized spacial score (nSPS) is 13.1. The van der Waals surface area contributed by atoms with Gasteiger partial charge in [-0.25, -0.2) is 0 Å². The van der Waals surface area contributed by atoms with Crippen LogP contribution in [-0.4, -0.2) is 6.18 Å². The summed E-state index contributed by atoms with van der Waals surface area (Å²) in [5.41, 5.74) is 0.507. The SMILES string of the molecule is FC(F)(F)/C=C(\I)c1ccc(Cl)cc1. The first-order valence-electron chi connectivity index (χ1n) is 3.59. The van der Waals surface area contributed by atoms with Crippen LogP contribution in [-0.2, 0) is 0 Å². The summed E-state index contributed by atoms with van der Waals surface area (Å²) in [6.07, 6.45) is -4.02. The molecular formula is C9H5ClF3I. The zero-order valence-corrected chi connectivity index (χ0v) is 9.69. The quantitative estimate of drug-likeness (QED) is 0.655. The highest BCUT2D eigenvalue weighted by Crippen LogP contribution is 2.29. The summed E-state index contributed by atoms with van der Waals surface area (Å²) in [6.45, 7) is 0. The Morgan fingerprint density at radius 3 is 2.14 bits per heavy atom. The van der Waals surface area contributed by atoms with Gasteiger partial charge in [0.15, 0.2) is 0 Å². The van der Waals surface area contributed by atoms with Crippen molar-refractivity contribution in [2.45, 2.75) is 6.18 Å². The third kappa shape index (κ3) is 3.88. The van der Waals surface area contributed by atoms with E-state index in [9.17, 15) is 13.2 Å². The van der Waals surface area contributed by atoms with E-state index >= 15 is 0 Å². The van der Waals surface area contributed by atoms with E-state index in [1.165, 1.54) is 0 Å². The Morgan fingerprint density at radius 2 is 1.71 bits per heavy atom. The van der Waals surface area contributed by atoms with Crippen molar-refractivity contribution in [2.24, 2.45) is 0 Å². The van der Waals surface area contributed by atoms with Crippen LogP contribution < -0.4 is 0 Å². The molecule has 5 heteroatoms. The molecule has 0 atom stereocenters. The second-order valence-electron chi connectivity index (χ2n) is 2.54. The molecule has 0 saturated heterocycles. The summed E-state index contributed by atoms with van der Waals surface area (Å²) in [5, 5.41) is 0.505. The molecule has 0 aliphatic rings. The molecule has 0 heterocycles. The van der Waals surface area contributed by atoms with E-state index in [0.717, 1.165) is 0 Å². The Hall–Kier alpha value is -0.230. The summed E-state index contributed by atoms with van der Waals surface area (Å²) in [4.78, 5) is 0. The Balaban J connectivity index is 2.95. The Morgan fingerprint density at radius 1 is 1.21 bits per heavy atom. The lowest BCUT2D eigenvalue weighted by Crippen LogP contribution is -2.01. The van der Waals surface area contributed by atoms with Gasteiger partial charge in [-0.15, -0.1) is 0 Å². The van der Waals surface area contributed by atoms with Crippen molar-refractivity contribution in [3.8, 4) is 0 Å². The van der Waals surface area contributed by atoms with E-state index in [1.54, 1.807) is 46.9 Å². The number of hydrogen-bond donors (Lipinski definition) is 0. The predicted octanol–water partition coefficient (Wildman–Crippen LogP) is 4.68. The Kier molecular flexibility index (Phi) is 3.83. The van der Waals surface area contributed by atoms with Gasteiger partial charge in [-0.3, -0.25) is 0 Å². The number of benzene rings is 1. The molecular weight excluding hydrogens is 327 g/mol. The summed E-state index contributed by atoms with van der Waals surface area (Å²) in [7, 11) is 0. The van der Waals surface area contributed by atoms with Crippen molar-refractivity contribution in [3.05, 3.63) is 40.9 Å². The molecule has 0 aliphatic carbocycles. The highest BCUT2D eigenvalue weighted by atomic mass is 127. The van der Waals surface area contributed by atoms with Gasteiger partial charge in [-0.05, 0) is 40.3 Å². The van der Waals surface area contributed by atoms with Crippen LogP contribution in [0.2, 0.25) is 5.02 Å². The fourth-order valence-corrected chi connectivity index (χ4v) is 1.67. The number of halogens is 5. The fraction of sp³-hybridized carbons (Fsp3) is 0.111. The van der Waals surface area contributed by atoms with Crippen molar-refractivity contribution < 1.29 is 13.2 Å². The van der Waals surface area contributed by atoms with Crippen LogP contribution >= 0.6 is 34.2 Å². The molecule has 0 spiro atoms. The van der Waals surface area contributed by atoms with Crippen LogP contribution in [0.3, 0.4) is 0 Å². The molecule has 0 nitrogen and oxygen atoms in total. The molecule has 0 aromatic heterocycles. The summed E-state index contributed by atoms with van der Waals surface area (Å²) in [5.74, 6) is 0. The first-order chi connectivity index (χ1) is 6.38. The van der Waals surface area contributed by atoms with Gasteiger partial charge in [0.25, 0.3) is 0 Å². The van der Waals surface area contributed by atoms with Crippen molar-refractivity contribution in [1.82, 2.24) is 0 Å². The second kappa shape index (κ2) is 4.53. The minimum Gasteiger partial charge on any atom is -0.167 e. The van der Waals surface area contributed by atoms with Crippen LogP contribution in [0.25, 0.3) is 3.58 Å². The molecule has 76 valence electrons. The topological polar surface area (TPSA) is 0 Å². The van der Waals surface area contributed by atoms with Gasteiger partial charge < -0.3 is 0 Å². The third-order valence-corrected chi connectivity index (χ3v) is 2.60. The minimum absolute atomic E-state index is 0.145. The lowest BCUT2D eigenvalue weighted by molar-refractivity contribution is -0.0791. The van der Waals surface area contributed by atoms with Gasteiger partial charge >= 0.3 is 6.18 Å². The molecule has 1 aromatic rings. The van der Waals surface area contributed by atoms with Gasteiger partial charge in [0.1, 0.15) is 0 Å². The van der Waals surface area contributed by atoms with Gasteiger partial charge in [-0.2, -0.15) is 13.2 Å². The average Bonchev–Trinajstić information content (AvgIpc) is 2.02. The maximum Gasteiger partial charge on any atom is 0.410 e. The molecule has 0 unspecified atom stereocenters. The van der Waals surface area contributed by atoms with Crippen molar-refractivity contribution >= 4 is 37.8 Å². The highest BCUT2D eigenvalue weighted by molar-refractivity contribution is 14.1. The smallest absolute Gasteiger partial charge is 0.167 e. The molecule has 0 fully saturated rings. The molecule has 0 saturated carbocycles. The number of hydrogen-bond acceptors (Lipinski definition) is 0. The van der Waals surface area contributed by atoms with Crippen molar-refractivity contribution in [3.63, 3.8) is 0 Å². The molecule has 0 amide bonds. The molecule has 0 bridgehead atoms. The van der Waals surface area contributed by atoms with Gasteiger partial charge in [0, 0.05) is 14.7 Å². The molecule has 0 radical (unpaired) electrons. The van der Waals surface area contributed by atoms with E-state index in [1.807, 2.05) is 0 Å². The predicted molar refractivity (Wildman–Crippen MR) is 59.5 cm³/mol. The summed E-state index contributed by atoms with van der Waals surface area (Å²) < 4.78 is 36.0. The van der Waals surface area contributed by atoms with Gasteiger partial charge in [0.05, 0.1) is 0 Å². The van der Waals surface area contributed by atoms with Crippen LogP contribution in [0.5, 0.6) is 0 Å².